The van der Waals surface area contributed by atoms with E-state index < -0.39 is 0 Å². The Hall–Kier alpha value is -0.540. The Morgan fingerprint density at radius 3 is 2.82 bits per heavy atom. The van der Waals surface area contributed by atoms with Crippen molar-refractivity contribution in [3.63, 3.8) is 0 Å². The van der Waals surface area contributed by atoms with E-state index in [9.17, 15) is 0 Å². The average molecular weight is 298 g/mol. The van der Waals surface area contributed by atoms with Gasteiger partial charge in [-0.25, -0.2) is 0 Å². The lowest BCUT2D eigenvalue weighted by Gasteiger charge is -2.23. The predicted octanol–water partition coefficient (Wildman–Crippen LogP) is 3.70. The van der Waals surface area contributed by atoms with Gasteiger partial charge in [0, 0.05) is 17.1 Å². The molecule has 2 rings (SSSR count). The molecule has 1 aliphatic rings. The minimum Gasteiger partial charge on any atom is -0.492 e. The van der Waals surface area contributed by atoms with Crippen molar-refractivity contribution < 1.29 is 4.74 Å². The Bertz CT molecular complexity index is 339. The van der Waals surface area contributed by atoms with E-state index in [-0.39, 0.29) is 0 Å². The van der Waals surface area contributed by atoms with Crippen LogP contribution in [0.3, 0.4) is 0 Å². The molecule has 3 heteroatoms. The number of halogens is 1. The van der Waals surface area contributed by atoms with Gasteiger partial charge in [-0.15, -0.1) is 0 Å². The summed E-state index contributed by atoms with van der Waals surface area (Å²) in [6, 6.07) is 8.82. The first-order valence-electron chi connectivity index (χ1n) is 6.42. The largest absolute Gasteiger partial charge is 0.492 e. The zero-order chi connectivity index (χ0) is 12.1. The van der Waals surface area contributed by atoms with Crippen molar-refractivity contribution >= 4 is 15.9 Å². The van der Waals surface area contributed by atoms with Crippen LogP contribution in [0.15, 0.2) is 28.7 Å². The van der Waals surface area contributed by atoms with Gasteiger partial charge in [0.2, 0.25) is 0 Å². The lowest BCUT2D eigenvalue weighted by molar-refractivity contribution is 0.193. The van der Waals surface area contributed by atoms with Crippen molar-refractivity contribution in [2.24, 2.45) is 0 Å². The van der Waals surface area contributed by atoms with Gasteiger partial charge in [-0.05, 0) is 50.1 Å². The molecule has 17 heavy (non-hydrogen) atoms. The van der Waals surface area contributed by atoms with Gasteiger partial charge in [0.25, 0.3) is 0 Å². The first-order valence-corrected chi connectivity index (χ1v) is 7.21. The fourth-order valence-electron chi connectivity index (χ4n) is 2.46. The highest BCUT2D eigenvalue weighted by molar-refractivity contribution is 9.10. The summed E-state index contributed by atoms with van der Waals surface area (Å²) in [7, 11) is 0. The molecule has 1 aromatic carbocycles. The van der Waals surface area contributed by atoms with Gasteiger partial charge in [-0.1, -0.05) is 22.9 Å². The van der Waals surface area contributed by atoms with Crippen LogP contribution in [-0.2, 0) is 0 Å². The minimum absolute atomic E-state index is 0.781. The molecule has 1 unspecified atom stereocenters. The second-order valence-corrected chi connectivity index (χ2v) is 5.46. The van der Waals surface area contributed by atoms with E-state index in [0.29, 0.717) is 0 Å². The number of nitrogens with zero attached hydrogens (tertiary/aromatic N) is 1. The Morgan fingerprint density at radius 2 is 2.12 bits per heavy atom. The van der Waals surface area contributed by atoms with Crippen molar-refractivity contribution in [3.8, 4) is 5.75 Å². The highest BCUT2D eigenvalue weighted by Gasteiger charge is 2.21. The van der Waals surface area contributed by atoms with Crippen molar-refractivity contribution in [2.45, 2.75) is 32.2 Å². The topological polar surface area (TPSA) is 12.5 Å². The molecule has 1 aliphatic heterocycles. The second-order valence-electron chi connectivity index (χ2n) is 4.54. The molecule has 2 nitrogen and oxygen atoms in total. The Kier molecular flexibility index (Phi) is 4.86. The molecule has 0 aliphatic carbocycles. The van der Waals surface area contributed by atoms with Crippen LogP contribution in [0.5, 0.6) is 5.75 Å². The van der Waals surface area contributed by atoms with Crippen molar-refractivity contribution in [3.05, 3.63) is 28.7 Å². The molecule has 0 aromatic heterocycles. The summed E-state index contributed by atoms with van der Waals surface area (Å²) in [5, 5.41) is 0. The quantitative estimate of drug-likeness (QED) is 0.822. The zero-order valence-corrected chi connectivity index (χ0v) is 11.9. The summed E-state index contributed by atoms with van der Waals surface area (Å²) >= 11 is 3.42. The standard InChI is InChI=1S/C14H20BrNO/c1-2-13-4-3-9-16(13)10-11-17-14-7-5-12(15)6-8-14/h5-8,13H,2-4,9-11H2,1H3. The summed E-state index contributed by atoms with van der Waals surface area (Å²) in [6.45, 7) is 5.35. The van der Waals surface area contributed by atoms with E-state index in [1.807, 2.05) is 24.3 Å². The highest BCUT2D eigenvalue weighted by atomic mass is 79.9. The fourth-order valence-corrected chi connectivity index (χ4v) is 2.73. The number of likely N-dealkylation sites (tertiary alicyclic amines) is 1. The molecular weight excluding hydrogens is 278 g/mol. The smallest absolute Gasteiger partial charge is 0.119 e. The second kappa shape index (κ2) is 6.41. The number of hydrogen-bond donors (Lipinski definition) is 0. The lowest BCUT2D eigenvalue weighted by Crippen LogP contribution is -2.32. The van der Waals surface area contributed by atoms with Gasteiger partial charge in [-0.2, -0.15) is 0 Å². The molecular formula is C14H20BrNO. The van der Waals surface area contributed by atoms with Gasteiger partial charge in [-0.3, -0.25) is 4.90 Å². The van der Waals surface area contributed by atoms with Gasteiger partial charge in [0.1, 0.15) is 12.4 Å². The maximum Gasteiger partial charge on any atom is 0.119 e. The van der Waals surface area contributed by atoms with E-state index >= 15 is 0 Å². The van der Waals surface area contributed by atoms with Gasteiger partial charge in [0.15, 0.2) is 0 Å². The molecule has 94 valence electrons. The third-order valence-electron chi connectivity index (χ3n) is 3.43. The summed E-state index contributed by atoms with van der Waals surface area (Å²) in [6.07, 6.45) is 3.96. The number of hydrogen-bond acceptors (Lipinski definition) is 2. The van der Waals surface area contributed by atoms with Crippen molar-refractivity contribution in [2.75, 3.05) is 19.7 Å². The Balaban J connectivity index is 1.74. The minimum atomic E-state index is 0.781. The van der Waals surface area contributed by atoms with Crippen LogP contribution in [0.25, 0.3) is 0 Å². The zero-order valence-electron chi connectivity index (χ0n) is 10.4. The summed E-state index contributed by atoms with van der Waals surface area (Å²) < 4.78 is 6.85. The van der Waals surface area contributed by atoms with Crippen LogP contribution in [0.4, 0.5) is 0 Å². The van der Waals surface area contributed by atoms with Gasteiger partial charge in [0.05, 0.1) is 0 Å². The molecule has 1 heterocycles. The van der Waals surface area contributed by atoms with E-state index in [1.54, 1.807) is 0 Å². The molecule has 0 bridgehead atoms. The maximum absolute atomic E-state index is 5.75. The molecule has 0 radical (unpaired) electrons. The van der Waals surface area contributed by atoms with Crippen molar-refractivity contribution in [1.29, 1.82) is 0 Å². The first kappa shape index (κ1) is 12.9. The normalized spacial score (nSPS) is 20.7. The van der Waals surface area contributed by atoms with E-state index in [1.165, 1.54) is 25.8 Å². The molecule has 1 fully saturated rings. The first-order chi connectivity index (χ1) is 8.29. The molecule has 0 saturated carbocycles. The number of benzene rings is 1. The van der Waals surface area contributed by atoms with Crippen LogP contribution in [0, 0.1) is 0 Å². The predicted molar refractivity (Wildman–Crippen MR) is 74.5 cm³/mol. The number of rotatable bonds is 5. The number of ether oxygens (including phenoxy) is 1. The fraction of sp³-hybridized carbons (Fsp3) is 0.571. The molecule has 1 atom stereocenters. The monoisotopic (exact) mass is 297 g/mol. The van der Waals surface area contributed by atoms with Crippen molar-refractivity contribution in [1.82, 2.24) is 4.90 Å². The molecule has 0 amide bonds. The molecule has 0 N–H and O–H groups in total. The summed E-state index contributed by atoms with van der Waals surface area (Å²) in [4.78, 5) is 2.55. The van der Waals surface area contributed by atoms with Crippen LogP contribution in [-0.4, -0.2) is 30.6 Å². The van der Waals surface area contributed by atoms with Crippen LogP contribution < -0.4 is 4.74 Å². The Labute approximate surface area is 112 Å². The van der Waals surface area contributed by atoms with E-state index in [0.717, 1.165) is 29.4 Å². The lowest BCUT2D eigenvalue weighted by atomic mass is 10.2. The van der Waals surface area contributed by atoms with Crippen LogP contribution in [0.1, 0.15) is 26.2 Å². The Morgan fingerprint density at radius 1 is 1.35 bits per heavy atom. The summed E-state index contributed by atoms with van der Waals surface area (Å²) in [5.41, 5.74) is 0. The molecule has 1 saturated heterocycles. The van der Waals surface area contributed by atoms with Gasteiger partial charge >= 0.3 is 0 Å². The highest BCUT2D eigenvalue weighted by Crippen LogP contribution is 2.20. The van der Waals surface area contributed by atoms with Crippen LogP contribution in [0.2, 0.25) is 0 Å². The van der Waals surface area contributed by atoms with E-state index in [4.69, 9.17) is 4.74 Å². The molecule has 0 spiro atoms. The van der Waals surface area contributed by atoms with Crippen LogP contribution >= 0.6 is 15.9 Å². The van der Waals surface area contributed by atoms with Gasteiger partial charge < -0.3 is 4.74 Å². The maximum atomic E-state index is 5.75. The average Bonchev–Trinajstić information content (AvgIpc) is 2.79. The SMILES string of the molecule is CCC1CCCN1CCOc1ccc(Br)cc1. The third kappa shape index (κ3) is 3.71. The summed E-state index contributed by atoms with van der Waals surface area (Å²) in [5.74, 6) is 0.959. The molecule has 1 aromatic rings. The van der Waals surface area contributed by atoms with E-state index in [2.05, 4.69) is 27.8 Å². The third-order valence-corrected chi connectivity index (χ3v) is 3.96.